The van der Waals surface area contributed by atoms with Crippen LogP contribution in [0.2, 0.25) is 0 Å². The molecule has 43 heavy (non-hydrogen) atoms. The van der Waals surface area contributed by atoms with Gasteiger partial charge < -0.3 is 19.7 Å². The number of anilines is 1. The lowest BCUT2D eigenvalue weighted by atomic mass is 9.94. The highest BCUT2D eigenvalue weighted by atomic mass is 19.4. The van der Waals surface area contributed by atoms with Crippen molar-refractivity contribution < 1.29 is 46.2 Å². The van der Waals surface area contributed by atoms with Crippen molar-refractivity contribution in [2.45, 2.75) is 44.1 Å². The SMILES string of the molecule is COC(=O)N1CCN=C1Nc1ccc2c(c1)CC[C@@]21OC(=O)N(CC(=O)N(Cc2ccc(F)cc2)C(C)C(F)(F)F)C1=O. The van der Waals surface area contributed by atoms with Crippen LogP contribution >= 0.6 is 0 Å². The van der Waals surface area contributed by atoms with E-state index in [1.165, 1.54) is 24.1 Å². The Kier molecular flexibility index (Phi) is 7.75. The van der Waals surface area contributed by atoms with Gasteiger partial charge in [-0.25, -0.2) is 23.8 Å². The summed E-state index contributed by atoms with van der Waals surface area (Å²) in [7, 11) is 1.25. The summed E-state index contributed by atoms with van der Waals surface area (Å²) in [5.41, 5.74) is 0.0882. The van der Waals surface area contributed by atoms with Crippen molar-refractivity contribution in [3.8, 4) is 0 Å². The summed E-state index contributed by atoms with van der Waals surface area (Å²) >= 11 is 0. The molecular formula is C28H27F4N5O6. The Morgan fingerprint density at radius 1 is 1.19 bits per heavy atom. The van der Waals surface area contributed by atoms with E-state index in [4.69, 9.17) is 9.47 Å². The molecule has 1 fully saturated rings. The molecule has 4 amide bonds. The molecule has 2 aromatic carbocycles. The lowest BCUT2D eigenvalue weighted by Gasteiger charge is -2.31. The van der Waals surface area contributed by atoms with Crippen LogP contribution in [0.4, 0.5) is 32.8 Å². The van der Waals surface area contributed by atoms with Gasteiger partial charge in [-0.2, -0.15) is 13.2 Å². The van der Waals surface area contributed by atoms with Gasteiger partial charge >= 0.3 is 18.4 Å². The van der Waals surface area contributed by atoms with Gasteiger partial charge in [0.15, 0.2) is 0 Å². The first-order chi connectivity index (χ1) is 20.3. The lowest BCUT2D eigenvalue weighted by molar-refractivity contribution is -0.187. The van der Waals surface area contributed by atoms with Crippen molar-refractivity contribution in [1.82, 2.24) is 14.7 Å². The number of hydrogen-bond acceptors (Lipinski definition) is 8. The predicted octanol–water partition coefficient (Wildman–Crippen LogP) is 3.78. The molecular weight excluding hydrogens is 578 g/mol. The van der Waals surface area contributed by atoms with Gasteiger partial charge in [0, 0.05) is 24.2 Å². The third-order valence-electron chi connectivity index (χ3n) is 7.67. The van der Waals surface area contributed by atoms with Crippen LogP contribution in [-0.2, 0) is 37.6 Å². The van der Waals surface area contributed by atoms with Crippen LogP contribution in [0.15, 0.2) is 47.5 Å². The maximum absolute atomic E-state index is 13.7. The van der Waals surface area contributed by atoms with Crippen molar-refractivity contribution in [2.24, 2.45) is 4.99 Å². The normalized spacial score (nSPS) is 20.2. The second-order valence-corrected chi connectivity index (χ2v) is 10.3. The number of rotatable bonds is 6. The summed E-state index contributed by atoms with van der Waals surface area (Å²) in [6, 6.07) is 7.22. The highest BCUT2D eigenvalue weighted by molar-refractivity contribution is 6.07. The number of aryl methyl sites for hydroxylation is 1. The average Bonchev–Trinajstić information content (AvgIpc) is 3.64. The van der Waals surface area contributed by atoms with Crippen LogP contribution < -0.4 is 5.32 Å². The molecule has 1 unspecified atom stereocenters. The first kappa shape index (κ1) is 29.8. The number of nitrogens with one attached hydrogen (secondary N) is 1. The maximum Gasteiger partial charge on any atom is 0.418 e. The van der Waals surface area contributed by atoms with E-state index in [0.29, 0.717) is 46.1 Å². The lowest BCUT2D eigenvalue weighted by Crippen LogP contribution is -2.51. The minimum absolute atomic E-state index is 0.0640. The number of carbonyl (C=O) groups is 4. The van der Waals surface area contributed by atoms with Gasteiger partial charge in [-0.3, -0.25) is 14.6 Å². The zero-order valence-corrected chi connectivity index (χ0v) is 23.1. The molecule has 228 valence electrons. The summed E-state index contributed by atoms with van der Waals surface area (Å²) in [4.78, 5) is 58.2. The molecule has 2 atom stereocenters. The minimum Gasteiger partial charge on any atom is -0.452 e. The molecule has 1 N–H and O–H groups in total. The van der Waals surface area contributed by atoms with Crippen LogP contribution in [0, 0.1) is 5.82 Å². The second kappa shape index (κ2) is 11.2. The topological polar surface area (TPSA) is 121 Å². The second-order valence-electron chi connectivity index (χ2n) is 10.3. The molecule has 1 saturated heterocycles. The summed E-state index contributed by atoms with van der Waals surface area (Å²) in [6.07, 6.45) is -6.15. The van der Waals surface area contributed by atoms with Gasteiger partial charge in [0.25, 0.3) is 5.91 Å². The highest BCUT2D eigenvalue weighted by Crippen LogP contribution is 2.46. The van der Waals surface area contributed by atoms with Crippen LogP contribution in [0.25, 0.3) is 0 Å². The highest BCUT2D eigenvalue weighted by Gasteiger charge is 2.58. The smallest absolute Gasteiger partial charge is 0.418 e. The Labute approximate surface area is 243 Å². The van der Waals surface area contributed by atoms with Crippen molar-refractivity contribution in [1.29, 1.82) is 0 Å². The Morgan fingerprint density at radius 2 is 1.91 bits per heavy atom. The number of benzene rings is 2. The summed E-state index contributed by atoms with van der Waals surface area (Å²) in [5.74, 6) is -2.31. The van der Waals surface area contributed by atoms with Gasteiger partial charge in [-0.15, -0.1) is 0 Å². The molecule has 2 aliphatic heterocycles. The molecule has 11 nitrogen and oxygen atoms in total. The molecule has 0 radical (unpaired) electrons. The van der Waals surface area contributed by atoms with Gasteiger partial charge in [0.1, 0.15) is 18.4 Å². The third-order valence-corrected chi connectivity index (χ3v) is 7.67. The number of hydrogen-bond donors (Lipinski definition) is 1. The zero-order chi connectivity index (χ0) is 31.1. The van der Waals surface area contributed by atoms with E-state index in [-0.39, 0.29) is 17.9 Å². The molecule has 1 spiro atoms. The number of methoxy groups -OCH3 is 1. The Bertz CT molecular complexity index is 1500. The van der Waals surface area contributed by atoms with E-state index in [1.54, 1.807) is 18.2 Å². The summed E-state index contributed by atoms with van der Waals surface area (Å²) in [5, 5.41) is 3.04. The molecule has 5 rings (SSSR count). The van der Waals surface area contributed by atoms with Crippen molar-refractivity contribution in [2.75, 3.05) is 32.1 Å². The van der Waals surface area contributed by atoms with E-state index >= 15 is 0 Å². The Hall–Kier alpha value is -4.69. The molecule has 3 aliphatic rings. The van der Waals surface area contributed by atoms with Crippen molar-refractivity contribution in [3.63, 3.8) is 0 Å². The van der Waals surface area contributed by atoms with Crippen molar-refractivity contribution >= 4 is 35.6 Å². The number of halogens is 4. The molecule has 0 bridgehead atoms. The largest absolute Gasteiger partial charge is 0.452 e. The van der Waals surface area contributed by atoms with E-state index in [2.05, 4.69) is 10.3 Å². The molecule has 1 aliphatic carbocycles. The number of fused-ring (bicyclic) bond motifs is 2. The number of alkyl halides is 3. The Morgan fingerprint density at radius 3 is 2.58 bits per heavy atom. The van der Waals surface area contributed by atoms with E-state index in [9.17, 15) is 36.7 Å². The monoisotopic (exact) mass is 605 g/mol. The van der Waals surface area contributed by atoms with Gasteiger partial charge in [0.05, 0.1) is 20.2 Å². The number of aliphatic imine (C=N–C) groups is 1. The number of nitrogens with zero attached hydrogens (tertiary/aromatic N) is 4. The van der Waals surface area contributed by atoms with Gasteiger partial charge in [0.2, 0.25) is 17.5 Å². The number of amides is 4. The number of guanidine groups is 1. The maximum atomic E-state index is 13.7. The fraction of sp³-hybridized carbons (Fsp3) is 0.393. The summed E-state index contributed by atoms with van der Waals surface area (Å²) < 4.78 is 64.6. The van der Waals surface area contributed by atoms with Crippen LogP contribution in [-0.4, -0.2) is 83.6 Å². The predicted molar refractivity (Wildman–Crippen MR) is 142 cm³/mol. The van der Waals surface area contributed by atoms with E-state index in [1.807, 2.05) is 0 Å². The number of carbonyl (C=O) groups excluding carboxylic acids is 4. The summed E-state index contributed by atoms with van der Waals surface area (Å²) in [6.45, 7) is 0.00461. The van der Waals surface area contributed by atoms with Crippen LogP contribution in [0.5, 0.6) is 0 Å². The molecule has 0 saturated carbocycles. The standard InChI is InChI=1S/C28H27F4N5O6/c1-16(28(30,31)32)36(14-17-3-5-19(29)6-4-17)22(38)15-37-23(39)27(43-26(37)41)10-9-18-13-20(7-8-21(18)27)34-24-33-11-12-35(24)25(40)42-2/h3-8,13,16H,9-12,14-15H2,1-2H3,(H,33,34)/t16?,27-/m1/s1. The van der Waals surface area contributed by atoms with Gasteiger partial charge in [-0.1, -0.05) is 18.2 Å². The fourth-order valence-electron chi connectivity index (χ4n) is 5.33. The van der Waals surface area contributed by atoms with E-state index < -0.39 is 60.7 Å². The van der Waals surface area contributed by atoms with Crippen LogP contribution in [0.1, 0.15) is 30.0 Å². The first-order valence-corrected chi connectivity index (χ1v) is 13.3. The molecule has 15 heteroatoms. The number of ether oxygens (including phenoxy) is 2. The van der Waals surface area contributed by atoms with Crippen LogP contribution in [0.3, 0.4) is 0 Å². The van der Waals surface area contributed by atoms with Gasteiger partial charge in [-0.05, 0) is 48.7 Å². The quantitative estimate of drug-likeness (QED) is 0.498. The molecule has 0 aromatic heterocycles. The van der Waals surface area contributed by atoms with Crippen molar-refractivity contribution in [3.05, 3.63) is 65.0 Å². The molecule has 2 heterocycles. The minimum atomic E-state index is -4.81. The molecule has 2 aromatic rings. The zero-order valence-electron chi connectivity index (χ0n) is 23.1. The number of imide groups is 1. The average molecular weight is 606 g/mol. The Balaban J connectivity index is 1.34. The third kappa shape index (κ3) is 5.58. The van der Waals surface area contributed by atoms with E-state index in [0.717, 1.165) is 19.1 Å². The fourth-order valence-corrected chi connectivity index (χ4v) is 5.33. The first-order valence-electron chi connectivity index (χ1n) is 13.3.